The lowest BCUT2D eigenvalue weighted by molar-refractivity contribution is 0.268. The zero-order chi connectivity index (χ0) is 16.2. The minimum Gasteiger partial charge on any atom is -0.372 e. The minimum absolute atomic E-state index is 0.848. The number of likely N-dealkylation sites (tertiary alicyclic amines) is 1. The SMILES string of the molecule is C=C(c1cccc(-c2ccc(SC)cc2)c1)N1CCC(C)CC1. The molecule has 0 aliphatic carbocycles. The Labute approximate surface area is 144 Å². The van der Waals surface area contributed by atoms with Gasteiger partial charge in [-0.15, -0.1) is 11.8 Å². The van der Waals surface area contributed by atoms with Gasteiger partial charge in [0.1, 0.15) is 0 Å². The molecule has 0 N–H and O–H groups in total. The molecule has 0 aromatic heterocycles. The van der Waals surface area contributed by atoms with Gasteiger partial charge in [-0.25, -0.2) is 0 Å². The molecule has 0 bridgehead atoms. The molecule has 0 atom stereocenters. The van der Waals surface area contributed by atoms with Crippen molar-refractivity contribution < 1.29 is 0 Å². The van der Waals surface area contributed by atoms with Crippen LogP contribution in [0.4, 0.5) is 0 Å². The Balaban J connectivity index is 1.80. The molecular weight excluding hydrogens is 298 g/mol. The molecule has 0 amide bonds. The zero-order valence-electron chi connectivity index (χ0n) is 14.1. The molecule has 23 heavy (non-hydrogen) atoms. The van der Waals surface area contributed by atoms with Crippen LogP contribution in [-0.2, 0) is 0 Å². The highest BCUT2D eigenvalue weighted by atomic mass is 32.2. The number of hydrogen-bond donors (Lipinski definition) is 0. The van der Waals surface area contributed by atoms with E-state index in [4.69, 9.17) is 0 Å². The third-order valence-corrected chi connectivity index (χ3v) is 5.53. The number of benzene rings is 2. The topological polar surface area (TPSA) is 3.24 Å². The molecular formula is C21H25NS. The second-order valence-corrected chi connectivity index (χ2v) is 7.31. The summed E-state index contributed by atoms with van der Waals surface area (Å²) in [6.07, 6.45) is 4.66. The van der Waals surface area contributed by atoms with Gasteiger partial charge in [0, 0.05) is 23.7 Å². The maximum Gasteiger partial charge on any atom is 0.0367 e. The molecule has 2 heteroatoms. The summed E-state index contributed by atoms with van der Waals surface area (Å²) in [4.78, 5) is 3.74. The third kappa shape index (κ3) is 3.81. The summed E-state index contributed by atoms with van der Waals surface area (Å²) < 4.78 is 0. The van der Waals surface area contributed by atoms with Crippen molar-refractivity contribution in [1.82, 2.24) is 4.90 Å². The molecule has 1 aliphatic heterocycles. The van der Waals surface area contributed by atoms with Crippen LogP contribution in [0.15, 0.2) is 60.0 Å². The number of hydrogen-bond acceptors (Lipinski definition) is 2. The summed E-state index contributed by atoms with van der Waals surface area (Å²) >= 11 is 1.78. The number of nitrogens with zero attached hydrogens (tertiary/aromatic N) is 1. The Hall–Kier alpha value is -1.67. The predicted octanol–water partition coefficient (Wildman–Crippen LogP) is 5.78. The number of piperidine rings is 1. The Morgan fingerprint density at radius 3 is 2.39 bits per heavy atom. The van der Waals surface area contributed by atoms with Crippen LogP contribution in [-0.4, -0.2) is 24.2 Å². The lowest BCUT2D eigenvalue weighted by atomic mass is 9.97. The molecule has 2 aromatic carbocycles. The van der Waals surface area contributed by atoms with Crippen LogP contribution >= 0.6 is 11.8 Å². The molecule has 1 heterocycles. The van der Waals surface area contributed by atoms with E-state index in [1.54, 1.807) is 11.8 Å². The summed E-state index contributed by atoms with van der Waals surface area (Å²) in [6, 6.07) is 17.6. The van der Waals surface area contributed by atoms with E-state index in [0.717, 1.165) is 19.0 Å². The van der Waals surface area contributed by atoms with Crippen molar-refractivity contribution in [3.63, 3.8) is 0 Å². The summed E-state index contributed by atoms with van der Waals surface area (Å²) in [5.74, 6) is 0.848. The van der Waals surface area contributed by atoms with Crippen LogP contribution in [0.1, 0.15) is 25.3 Å². The quantitative estimate of drug-likeness (QED) is 0.656. The van der Waals surface area contributed by atoms with Crippen LogP contribution in [0.5, 0.6) is 0 Å². The standard InChI is InChI=1S/C21H25NS/c1-16-11-13-22(14-12-16)17(2)19-5-4-6-20(15-19)18-7-9-21(23-3)10-8-18/h4-10,15-16H,2,11-14H2,1,3H3. The lowest BCUT2D eigenvalue weighted by Gasteiger charge is -2.33. The predicted molar refractivity (Wildman–Crippen MR) is 103 cm³/mol. The van der Waals surface area contributed by atoms with Crippen LogP contribution < -0.4 is 0 Å². The second kappa shape index (κ2) is 7.27. The summed E-state index contributed by atoms with van der Waals surface area (Å²) in [5, 5.41) is 0. The smallest absolute Gasteiger partial charge is 0.0367 e. The summed E-state index contributed by atoms with van der Waals surface area (Å²) in [6.45, 7) is 8.97. The van der Waals surface area contributed by atoms with Gasteiger partial charge in [0.15, 0.2) is 0 Å². The van der Waals surface area contributed by atoms with Crippen LogP contribution in [0.25, 0.3) is 16.8 Å². The fourth-order valence-corrected chi connectivity index (χ4v) is 3.53. The highest BCUT2D eigenvalue weighted by Gasteiger charge is 2.17. The molecule has 3 rings (SSSR count). The van der Waals surface area contributed by atoms with Gasteiger partial charge in [0.25, 0.3) is 0 Å². The maximum absolute atomic E-state index is 4.36. The fraction of sp³-hybridized carbons (Fsp3) is 0.333. The molecule has 0 spiro atoms. The first-order chi connectivity index (χ1) is 11.2. The van der Waals surface area contributed by atoms with Gasteiger partial charge in [0.05, 0.1) is 0 Å². The van der Waals surface area contributed by atoms with E-state index in [2.05, 4.69) is 73.2 Å². The van der Waals surface area contributed by atoms with Gasteiger partial charge >= 0.3 is 0 Å². The van der Waals surface area contributed by atoms with Gasteiger partial charge in [0.2, 0.25) is 0 Å². The van der Waals surface area contributed by atoms with E-state index in [-0.39, 0.29) is 0 Å². The maximum atomic E-state index is 4.36. The van der Waals surface area contributed by atoms with Gasteiger partial charge in [-0.05, 0) is 59.9 Å². The minimum atomic E-state index is 0.848. The van der Waals surface area contributed by atoms with Gasteiger partial charge < -0.3 is 4.90 Å². The van der Waals surface area contributed by atoms with E-state index >= 15 is 0 Å². The average Bonchev–Trinajstić information content (AvgIpc) is 2.62. The number of rotatable bonds is 4. The van der Waals surface area contributed by atoms with Gasteiger partial charge in [-0.3, -0.25) is 0 Å². The van der Waals surface area contributed by atoms with Crippen molar-refractivity contribution in [2.24, 2.45) is 5.92 Å². The Bertz CT molecular complexity index is 666. The van der Waals surface area contributed by atoms with Crippen molar-refractivity contribution in [2.75, 3.05) is 19.3 Å². The highest BCUT2D eigenvalue weighted by molar-refractivity contribution is 7.98. The van der Waals surface area contributed by atoms with Crippen molar-refractivity contribution >= 4 is 17.5 Å². The van der Waals surface area contributed by atoms with E-state index in [1.807, 2.05) is 0 Å². The third-order valence-electron chi connectivity index (χ3n) is 4.78. The molecule has 0 saturated carbocycles. The van der Waals surface area contributed by atoms with Crippen LogP contribution in [0.2, 0.25) is 0 Å². The molecule has 1 nitrogen and oxygen atoms in total. The highest BCUT2D eigenvalue weighted by Crippen LogP contribution is 2.28. The van der Waals surface area contributed by atoms with E-state index in [9.17, 15) is 0 Å². The summed E-state index contributed by atoms with van der Waals surface area (Å²) in [7, 11) is 0. The van der Waals surface area contributed by atoms with E-state index < -0.39 is 0 Å². The molecule has 1 fully saturated rings. The van der Waals surface area contributed by atoms with Crippen molar-refractivity contribution in [3.8, 4) is 11.1 Å². The fourth-order valence-electron chi connectivity index (χ4n) is 3.12. The molecule has 1 saturated heterocycles. The second-order valence-electron chi connectivity index (χ2n) is 6.43. The average molecular weight is 324 g/mol. The molecule has 2 aromatic rings. The lowest BCUT2D eigenvalue weighted by Crippen LogP contribution is -2.31. The van der Waals surface area contributed by atoms with Crippen molar-refractivity contribution in [3.05, 3.63) is 60.7 Å². The normalized spacial score (nSPS) is 15.7. The molecule has 0 radical (unpaired) electrons. The first kappa shape index (κ1) is 16.2. The first-order valence-electron chi connectivity index (χ1n) is 8.36. The largest absolute Gasteiger partial charge is 0.372 e. The summed E-state index contributed by atoms with van der Waals surface area (Å²) in [5.41, 5.74) is 4.94. The molecule has 120 valence electrons. The van der Waals surface area contributed by atoms with Crippen molar-refractivity contribution in [1.29, 1.82) is 0 Å². The number of thioether (sulfide) groups is 1. The zero-order valence-corrected chi connectivity index (χ0v) is 14.9. The molecule has 0 unspecified atom stereocenters. The van der Waals surface area contributed by atoms with Crippen molar-refractivity contribution in [2.45, 2.75) is 24.7 Å². The van der Waals surface area contributed by atoms with E-state index in [0.29, 0.717) is 0 Å². The van der Waals surface area contributed by atoms with E-state index in [1.165, 1.54) is 40.1 Å². The van der Waals surface area contributed by atoms with Gasteiger partial charge in [-0.1, -0.05) is 43.8 Å². The Kier molecular flexibility index (Phi) is 5.12. The Morgan fingerprint density at radius 2 is 1.74 bits per heavy atom. The van der Waals surface area contributed by atoms with Crippen LogP contribution in [0, 0.1) is 5.92 Å². The van der Waals surface area contributed by atoms with Crippen LogP contribution in [0.3, 0.4) is 0 Å². The first-order valence-corrected chi connectivity index (χ1v) is 9.58. The van der Waals surface area contributed by atoms with Gasteiger partial charge in [-0.2, -0.15) is 0 Å². The Morgan fingerprint density at radius 1 is 1.04 bits per heavy atom. The monoisotopic (exact) mass is 323 g/mol. The molecule has 1 aliphatic rings.